The van der Waals surface area contributed by atoms with Gasteiger partial charge in [0, 0.05) is 0 Å². The number of fused-ring (bicyclic) bond motifs is 1. The molecule has 0 N–H and O–H groups in total. The van der Waals surface area contributed by atoms with Gasteiger partial charge in [0.15, 0.2) is 0 Å². The Hall–Kier alpha value is -0.490. The quantitative estimate of drug-likeness (QED) is 0.555. The van der Waals surface area contributed by atoms with E-state index in [9.17, 15) is 0 Å². The van der Waals surface area contributed by atoms with Gasteiger partial charge in [-0.2, -0.15) is 0 Å². The van der Waals surface area contributed by atoms with E-state index >= 15 is 0 Å². The Bertz CT molecular complexity index is 397. The minimum atomic E-state index is 0.198. The molecule has 0 aliphatic heterocycles. The molecular formula is C18H27Cl. The van der Waals surface area contributed by atoms with Crippen molar-refractivity contribution in [2.75, 3.05) is 0 Å². The summed E-state index contributed by atoms with van der Waals surface area (Å²) in [5.74, 6) is 0.628. The van der Waals surface area contributed by atoms with Crippen LogP contribution in [0.1, 0.15) is 74.4 Å². The summed E-state index contributed by atoms with van der Waals surface area (Å²) in [5, 5.41) is 0.198. The van der Waals surface area contributed by atoms with Crippen molar-refractivity contribution in [3.8, 4) is 0 Å². The maximum Gasteiger partial charge on any atom is 0.0613 e. The first-order chi connectivity index (χ1) is 9.26. The van der Waals surface area contributed by atoms with Crippen LogP contribution in [-0.2, 0) is 12.8 Å². The summed E-state index contributed by atoms with van der Waals surface area (Å²) in [4.78, 5) is 0. The van der Waals surface area contributed by atoms with Gasteiger partial charge >= 0.3 is 0 Å². The summed E-state index contributed by atoms with van der Waals surface area (Å²) in [6.07, 6.45) is 10.2. The van der Waals surface area contributed by atoms with Crippen LogP contribution >= 0.6 is 11.6 Å². The van der Waals surface area contributed by atoms with E-state index < -0.39 is 0 Å². The van der Waals surface area contributed by atoms with Gasteiger partial charge < -0.3 is 0 Å². The monoisotopic (exact) mass is 278 g/mol. The summed E-state index contributed by atoms with van der Waals surface area (Å²) in [6.45, 7) is 4.53. The van der Waals surface area contributed by atoms with E-state index in [2.05, 4.69) is 32.0 Å². The summed E-state index contributed by atoms with van der Waals surface area (Å²) in [7, 11) is 0. The molecule has 2 unspecified atom stereocenters. The number of hydrogen-bond acceptors (Lipinski definition) is 0. The topological polar surface area (TPSA) is 0 Å². The van der Waals surface area contributed by atoms with Gasteiger partial charge in [-0.3, -0.25) is 0 Å². The highest BCUT2D eigenvalue weighted by Gasteiger charge is 2.20. The Morgan fingerprint density at radius 1 is 1.11 bits per heavy atom. The van der Waals surface area contributed by atoms with Crippen LogP contribution in [0.2, 0.25) is 0 Å². The largest absolute Gasteiger partial charge is 0.118 e. The third-order valence-electron chi connectivity index (χ3n) is 4.56. The van der Waals surface area contributed by atoms with E-state index in [0.29, 0.717) is 5.92 Å². The molecule has 0 saturated heterocycles. The van der Waals surface area contributed by atoms with Gasteiger partial charge in [-0.25, -0.2) is 0 Å². The van der Waals surface area contributed by atoms with E-state index in [1.165, 1.54) is 56.9 Å². The molecule has 0 spiro atoms. The lowest BCUT2D eigenvalue weighted by molar-refractivity contribution is 0.437. The molecule has 1 aliphatic rings. The van der Waals surface area contributed by atoms with Crippen LogP contribution < -0.4 is 0 Å². The van der Waals surface area contributed by atoms with Gasteiger partial charge in [0.1, 0.15) is 0 Å². The highest BCUT2D eigenvalue weighted by molar-refractivity contribution is 6.21. The predicted molar refractivity (Wildman–Crippen MR) is 85.0 cm³/mol. The number of aryl methyl sites for hydroxylation is 2. The predicted octanol–water partition coefficient (Wildman–Crippen LogP) is 6.06. The minimum Gasteiger partial charge on any atom is -0.118 e. The molecule has 0 aromatic heterocycles. The molecule has 0 saturated carbocycles. The molecule has 2 atom stereocenters. The van der Waals surface area contributed by atoms with E-state index in [0.717, 1.165) is 0 Å². The Labute approximate surface area is 123 Å². The Kier molecular flexibility index (Phi) is 5.76. The molecule has 0 amide bonds. The number of hydrogen-bond donors (Lipinski definition) is 0. The van der Waals surface area contributed by atoms with Gasteiger partial charge in [-0.15, -0.1) is 11.6 Å². The molecule has 0 nitrogen and oxygen atoms in total. The maximum absolute atomic E-state index is 6.75. The van der Waals surface area contributed by atoms with Gasteiger partial charge in [0.2, 0.25) is 0 Å². The average molecular weight is 279 g/mol. The summed E-state index contributed by atoms with van der Waals surface area (Å²) >= 11 is 6.75. The number of rotatable bonds is 6. The lowest BCUT2D eigenvalue weighted by atomic mass is 9.86. The second-order valence-electron chi connectivity index (χ2n) is 5.95. The standard InChI is InChI=1S/C18H27Cl/c1-3-5-8-14(4-2)18(19)17-12-11-15-9-6-7-10-16(15)13-17/h11-14,18H,3-10H2,1-2H3. The zero-order chi connectivity index (χ0) is 13.7. The van der Waals surface area contributed by atoms with E-state index in [1.54, 1.807) is 11.1 Å². The lowest BCUT2D eigenvalue weighted by Crippen LogP contribution is -2.09. The average Bonchev–Trinajstić information content (AvgIpc) is 2.47. The third-order valence-corrected chi connectivity index (χ3v) is 5.17. The van der Waals surface area contributed by atoms with Crippen molar-refractivity contribution in [1.82, 2.24) is 0 Å². The highest BCUT2D eigenvalue weighted by atomic mass is 35.5. The van der Waals surface area contributed by atoms with Crippen molar-refractivity contribution >= 4 is 11.6 Å². The normalized spacial score (nSPS) is 17.8. The van der Waals surface area contributed by atoms with Gasteiger partial charge in [0.25, 0.3) is 0 Å². The van der Waals surface area contributed by atoms with Crippen molar-refractivity contribution < 1.29 is 0 Å². The number of benzene rings is 1. The first-order valence-electron chi connectivity index (χ1n) is 8.02. The molecule has 0 bridgehead atoms. The molecule has 0 radical (unpaired) electrons. The first kappa shape index (κ1) is 14.9. The smallest absolute Gasteiger partial charge is 0.0613 e. The molecular weight excluding hydrogens is 252 g/mol. The fourth-order valence-electron chi connectivity index (χ4n) is 3.22. The van der Waals surface area contributed by atoms with Crippen LogP contribution in [0.3, 0.4) is 0 Å². The molecule has 19 heavy (non-hydrogen) atoms. The minimum absolute atomic E-state index is 0.198. The molecule has 1 heteroatoms. The fourth-order valence-corrected chi connectivity index (χ4v) is 3.66. The highest BCUT2D eigenvalue weighted by Crippen LogP contribution is 2.36. The molecule has 1 aliphatic carbocycles. The fraction of sp³-hybridized carbons (Fsp3) is 0.667. The van der Waals surface area contributed by atoms with Crippen LogP contribution in [0.15, 0.2) is 18.2 Å². The molecule has 2 rings (SSSR count). The van der Waals surface area contributed by atoms with Gasteiger partial charge in [-0.05, 0) is 54.7 Å². The van der Waals surface area contributed by atoms with Crippen molar-refractivity contribution in [3.05, 3.63) is 34.9 Å². The lowest BCUT2D eigenvalue weighted by Gasteiger charge is -2.23. The number of alkyl halides is 1. The second-order valence-corrected chi connectivity index (χ2v) is 6.42. The van der Waals surface area contributed by atoms with Crippen molar-refractivity contribution in [2.24, 2.45) is 5.92 Å². The molecule has 0 fully saturated rings. The SMILES string of the molecule is CCCCC(CC)C(Cl)c1ccc2c(c1)CCCC2. The van der Waals surface area contributed by atoms with E-state index in [1.807, 2.05) is 0 Å². The Morgan fingerprint density at radius 2 is 1.84 bits per heavy atom. The van der Waals surface area contributed by atoms with Crippen molar-refractivity contribution in [1.29, 1.82) is 0 Å². The molecule has 0 heterocycles. The van der Waals surface area contributed by atoms with Gasteiger partial charge in [0.05, 0.1) is 5.38 Å². The summed E-state index contributed by atoms with van der Waals surface area (Å²) in [6, 6.07) is 6.99. The molecule has 106 valence electrons. The third kappa shape index (κ3) is 3.75. The summed E-state index contributed by atoms with van der Waals surface area (Å²) in [5.41, 5.74) is 4.46. The number of halogens is 1. The maximum atomic E-state index is 6.75. The van der Waals surface area contributed by atoms with Crippen LogP contribution in [0.4, 0.5) is 0 Å². The van der Waals surface area contributed by atoms with Crippen LogP contribution in [0.5, 0.6) is 0 Å². The Morgan fingerprint density at radius 3 is 2.53 bits per heavy atom. The first-order valence-corrected chi connectivity index (χ1v) is 8.45. The summed E-state index contributed by atoms with van der Waals surface area (Å²) < 4.78 is 0. The zero-order valence-corrected chi connectivity index (χ0v) is 13.2. The molecule has 1 aromatic rings. The number of unbranched alkanes of at least 4 members (excludes halogenated alkanes) is 1. The second kappa shape index (κ2) is 7.33. The van der Waals surface area contributed by atoms with Gasteiger partial charge in [-0.1, -0.05) is 51.3 Å². The van der Waals surface area contributed by atoms with Crippen LogP contribution in [-0.4, -0.2) is 0 Å². The van der Waals surface area contributed by atoms with E-state index in [4.69, 9.17) is 11.6 Å². The van der Waals surface area contributed by atoms with E-state index in [-0.39, 0.29) is 5.38 Å². The van der Waals surface area contributed by atoms with Crippen LogP contribution in [0, 0.1) is 5.92 Å². The Balaban J connectivity index is 2.11. The van der Waals surface area contributed by atoms with Crippen molar-refractivity contribution in [3.63, 3.8) is 0 Å². The molecule has 1 aromatic carbocycles. The van der Waals surface area contributed by atoms with Crippen molar-refractivity contribution in [2.45, 2.75) is 70.6 Å². The zero-order valence-electron chi connectivity index (χ0n) is 12.4. The van der Waals surface area contributed by atoms with Crippen LogP contribution in [0.25, 0.3) is 0 Å².